The second-order valence-corrected chi connectivity index (χ2v) is 11.1. The number of amides is 1. The van der Waals surface area contributed by atoms with E-state index in [4.69, 9.17) is 9.72 Å². The first-order valence-corrected chi connectivity index (χ1v) is 14.5. The molecule has 196 valence electrons. The van der Waals surface area contributed by atoms with Crippen LogP contribution in [0.3, 0.4) is 0 Å². The summed E-state index contributed by atoms with van der Waals surface area (Å²) < 4.78 is 6.70. The van der Waals surface area contributed by atoms with Gasteiger partial charge >= 0.3 is 5.97 Å². The largest absolute Gasteiger partial charge is 0.465 e. The smallest absolute Gasteiger partial charge is 0.316 e. The maximum atomic E-state index is 13.8. The molecule has 0 saturated heterocycles. The van der Waals surface area contributed by atoms with Gasteiger partial charge in [0.2, 0.25) is 0 Å². The van der Waals surface area contributed by atoms with Crippen LogP contribution < -0.4 is 5.56 Å². The van der Waals surface area contributed by atoms with Crippen molar-refractivity contribution in [3.05, 3.63) is 92.1 Å². The molecule has 2 aromatic heterocycles. The lowest BCUT2D eigenvalue weighted by atomic mass is 9.99. The average molecular weight is 548 g/mol. The second kappa shape index (κ2) is 11.5. The van der Waals surface area contributed by atoms with Crippen molar-refractivity contribution in [1.82, 2.24) is 14.5 Å². The summed E-state index contributed by atoms with van der Waals surface area (Å²) in [5.41, 5.74) is 4.01. The number of thiophene rings is 1. The Kier molecular flexibility index (Phi) is 7.95. The molecule has 4 aromatic rings. The number of esters is 1. The van der Waals surface area contributed by atoms with E-state index in [0.717, 1.165) is 17.5 Å². The van der Waals surface area contributed by atoms with E-state index in [-0.39, 0.29) is 23.2 Å². The van der Waals surface area contributed by atoms with Crippen molar-refractivity contribution in [3.8, 4) is 0 Å². The molecule has 0 bridgehead atoms. The lowest BCUT2D eigenvalue weighted by Gasteiger charge is -2.28. The van der Waals surface area contributed by atoms with Crippen LogP contribution in [0.4, 0.5) is 0 Å². The molecule has 7 nitrogen and oxygen atoms in total. The van der Waals surface area contributed by atoms with E-state index < -0.39 is 0 Å². The number of carbonyl (C=O) groups is 2. The number of carbonyl (C=O) groups excluding carboxylic acids is 2. The topological polar surface area (TPSA) is 81.5 Å². The Labute approximate surface area is 229 Å². The minimum Gasteiger partial charge on any atom is -0.465 e. The van der Waals surface area contributed by atoms with Crippen molar-refractivity contribution in [2.24, 2.45) is 0 Å². The maximum absolute atomic E-state index is 13.8. The summed E-state index contributed by atoms with van der Waals surface area (Å²) in [5.74, 6) is -0.374. The van der Waals surface area contributed by atoms with Crippen LogP contribution >= 0.6 is 23.1 Å². The van der Waals surface area contributed by atoms with E-state index in [1.165, 1.54) is 28.7 Å². The molecule has 0 aliphatic carbocycles. The number of ether oxygens (including phenoxy) is 1. The van der Waals surface area contributed by atoms with Crippen LogP contribution in [-0.4, -0.2) is 45.2 Å². The summed E-state index contributed by atoms with van der Waals surface area (Å²) in [6.07, 6.45) is 1.45. The third kappa shape index (κ3) is 5.39. The van der Waals surface area contributed by atoms with Crippen LogP contribution in [0.15, 0.2) is 64.5 Å². The Morgan fingerprint density at radius 1 is 1.08 bits per heavy atom. The number of hydrogen-bond donors (Lipinski definition) is 0. The highest BCUT2D eigenvalue weighted by molar-refractivity contribution is 7.99. The standard InChI is InChI=1S/C29H29N3O4S2/c1-3-36-23(33)18-37-29-30-26-24(27(34)32(29)16-13-20-9-5-4-6-10-20)19(2)25(38-26)28(35)31-15-14-21-11-7-8-12-22(21)17-31/h4-12H,3,13-18H2,1-2H3. The molecule has 0 saturated carbocycles. The van der Waals surface area contributed by atoms with Gasteiger partial charge < -0.3 is 9.64 Å². The normalized spacial score (nSPS) is 12.9. The average Bonchev–Trinajstić information content (AvgIpc) is 3.27. The number of rotatable bonds is 8. The first-order valence-electron chi connectivity index (χ1n) is 12.7. The molecule has 0 atom stereocenters. The summed E-state index contributed by atoms with van der Waals surface area (Å²) in [7, 11) is 0. The van der Waals surface area contributed by atoms with E-state index in [9.17, 15) is 14.4 Å². The number of nitrogens with zero attached hydrogens (tertiary/aromatic N) is 3. The van der Waals surface area contributed by atoms with Crippen molar-refractivity contribution in [2.45, 2.75) is 44.9 Å². The quantitative estimate of drug-likeness (QED) is 0.178. The molecule has 9 heteroatoms. The highest BCUT2D eigenvalue weighted by atomic mass is 32.2. The number of aromatic nitrogens is 2. The van der Waals surface area contributed by atoms with Gasteiger partial charge in [0.05, 0.1) is 22.6 Å². The van der Waals surface area contributed by atoms with Crippen molar-refractivity contribution in [1.29, 1.82) is 0 Å². The van der Waals surface area contributed by atoms with Gasteiger partial charge in [-0.3, -0.25) is 19.0 Å². The summed E-state index contributed by atoms with van der Waals surface area (Å²) in [6.45, 7) is 5.50. The first kappa shape index (κ1) is 26.2. The molecular formula is C29H29N3O4S2. The Hall–Kier alpha value is -3.43. The predicted octanol–water partition coefficient (Wildman–Crippen LogP) is 4.86. The van der Waals surface area contributed by atoms with Gasteiger partial charge in [-0.25, -0.2) is 4.98 Å². The number of thioether (sulfide) groups is 1. The fraction of sp³-hybridized carbons (Fsp3) is 0.310. The fourth-order valence-corrected chi connectivity index (χ4v) is 6.75. The fourth-order valence-electron chi connectivity index (χ4n) is 4.73. The summed E-state index contributed by atoms with van der Waals surface area (Å²) in [4.78, 5) is 47.2. The Bertz CT molecular complexity index is 1540. The zero-order valence-corrected chi connectivity index (χ0v) is 23.1. The minimum atomic E-state index is -0.356. The first-order chi connectivity index (χ1) is 18.5. The summed E-state index contributed by atoms with van der Waals surface area (Å²) in [5, 5.41) is 0.933. The van der Waals surface area contributed by atoms with Gasteiger partial charge in [0, 0.05) is 19.6 Å². The van der Waals surface area contributed by atoms with Gasteiger partial charge in [-0.05, 0) is 48.9 Å². The Morgan fingerprint density at radius 2 is 1.82 bits per heavy atom. The van der Waals surface area contributed by atoms with Crippen LogP contribution in [0.25, 0.3) is 10.2 Å². The molecule has 2 aromatic carbocycles. The predicted molar refractivity (Wildman–Crippen MR) is 151 cm³/mol. The molecule has 5 rings (SSSR count). The van der Waals surface area contributed by atoms with Crippen LogP contribution in [0.5, 0.6) is 0 Å². The molecule has 3 heterocycles. The van der Waals surface area contributed by atoms with E-state index in [0.29, 0.717) is 58.5 Å². The van der Waals surface area contributed by atoms with E-state index in [1.54, 1.807) is 11.5 Å². The van der Waals surface area contributed by atoms with E-state index in [2.05, 4.69) is 12.1 Å². The lowest BCUT2D eigenvalue weighted by molar-refractivity contribution is -0.139. The van der Waals surface area contributed by atoms with Crippen molar-refractivity contribution < 1.29 is 14.3 Å². The zero-order valence-electron chi connectivity index (χ0n) is 21.4. The Balaban J connectivity index is 1.49. The minimum absolute atomic E-state index is 0.0560. The molecular weight excluding hydrogens is 518 g/mol. The van der Waals surface area contributed by atoms with Crippen LogP contribution in [0.1, 0.15) is 38.8 Å². The third-order valence-corrected chi connectivity index (χ3v) is 8.84. The maximum Gasteiger partial charge on any atom is 0.316 e. The van der Waals surface area contributed by atoms with Gasteiger partial charge in [-0.1, -0.05) is 66.4 Å². The summed E-state index contributed by atoms with van der Waals surface area (Å²) >= 11 is 2.45. The Morgan fingerprint density at radius 3 is 2.58 bits per heavy atom. The highest BCUT2D eigenvalue weighted by Gasteiger charge is 2.27. The van der Waals surface area contributed by atoms with Gasteiger partial charge in [0.1, 0.15) is 4.83 Å². The zero-order chi connectivity index (χ0) is 26.6. The molecule has 0 unspecified atom stereocenters. The molecule has 1 amide bonds. The molecule has 1 aliphatic rings. The molecule has 0 fully saturated rings. The SMILES string of the molecule is CCOC(=O)CSc1nc2sc(C(=O)N3CCc4ccccc4C3)c(C)c2c(=O)n1CCc1ccccc1. The van der Waals surface area contributed by atoms with E-state index >= 15 is 0 Å². The van der Waals surface area contributed by atoms with Crippen molar-refractivity contribution in [3.63, 3.8) is 0 Å². The molecule has 0 spiro atoms. The van der Waals surface area contributed by atoms with Crippen LogP contribution in [-0.2, 0) is 35.5 Å². The van der Waals surface area contributed by atoms with Crippen LogP contribution in [0.2, 0.25) is 0 Å². The van der Waals surface area contributed by atoms with Gasteiger partial charge in [-0.15, -0.1) is 11.3 Å². The number of hydrogen-bond acceptors (Lipinski definition) is 7. The van der Waals surface area contributed by atoms with Crippen LogP contribution in [0, 0.1) is 6.92 Å². The highest BCUT2D eigenvalue weighted by Crippen LogP contribution is 2.31. The van der Waals surface area contributed by atoms with Crippen molar-refractivity contribution in [2.75, 3.05) is 18.9 Å². The molecule has 0 N–H and O–H groups in total. The second-order valence-electron chi connectivity index (χ2n) is 9.16. The number of fused-ring (bicyclic) bond motifs is 2. The van der Waals surface area contributed by atoms with Gasteiger partial charge in [0.15, 0.2) is 5.16 Å². The van der Waals surface area contributed by atoms with Gasteiger partial charge in [0.25, 0.3) is 11.5 Å². The molecule has 38 heavy (non-hydrogen) atoms. The van der Waals surface area contributed by atoms with Crippen molar-refractivity contribution >= 4 is 45.2 Å². The molecule has 0 radical (unpaired) electrons. The lowest BCUT2D eigenvalue weighted by Crippen LogP contribution is -2.35. The van der Waals surface area contributed by atoms with Gasteiger partial charge in [-0.2, -0.15) is 0 Å². The number of benzene rings is 2. The monoisotopic (exact) mass is 547 g/mol. The van der Waals surface area contributed by atoms with E-state index in [1.807, 2.05) is 54.3 Å². The third-order valence-electron chi connectivity index (χ3n) is 6.72. The number of aryl methyl sites for hydroxylation is 2. The summed E-state index contributed by atoms with van der Waals surface area (Å²) in [6, 6.07) is 18.1. The molecule has 1 aliphatic heterocycles.